The Balaban J connectivity index is 2.30. The van der Waals surface area contributed by atoms with Crippen molar-refractivity contribution >= 4 is 21.9 Å². The molecule has 0 unspecified atom stereocenters. The molecule has 0 N–H and O–H groups in total. The van der Waals surface area contributed by atoms with Gasteiger partial charge in [0.15, 0.2) is 0 Å². The summed E-state index contributed by atoms with van der Waals surface area (Å²) in [6.07, 6.45) is 1.56. The van der Waals surface area contributed by atoms with Crippen molar-refractivity contribution in [2.45, 2.75) is 20.4 Å². The van der Waals surface area contributed by atoms with E-state index in [4.69, 9.17) is 14.2 Å². The zero-order chi connectivity index (χ0) is 15.7. The number of rotatable bonds is 9. The Hall–Kier alpha value is -1.18. The summed E-state index contributed by atoms with van der Waals surface area (Å²) in [5.41, 5.74) is 0.361. The third-order valence-electron chi connectivity index (χ3n) is 2.60. The zero-order valence-corrected chi connectivity index (χ0v) is 13.8. The van der Waals surface area contributed by atoms with Crippen LogP contribution in [-0.2, 0) is 25.5 Å². The molecule has 1 aromatic heterocycles. The van der Waals surface area contributed by atoms with Gasteiger partial charge < -0.3 is 18.8 Å². The molecule has 0 fully saturated rings. The lowest BCUT2D eigenvalue weighted by molar-refractivity contribution is -0.146. The number of pyridine rings is 1. The molecule has 1 rings (SSSR count). The number of nitrogens with zero attached hydrogens (tertiary/aromatic N) is 1. The second kappa shape index (κ2) is 9.70. The number of halogens is 1. The molecule has 6 nitrogen and oxygen atoms in total. The second-order valence-corrected chi connectivity index (χ2v) is 5.22. The Kier molecular flexibility index (Phi) is 8.26. The van der Waals surface area contributed by atoms with Gasteiger partial charge in [-0.3, -0.25) is 9.59 Å². The van der Waals surface area contributed by atoms with Crippen LogP contribution in [0.3, 0.4) is 0 Å². The summed E-state index contributed by atoms with van der Waals surface area (Å²) in [4.78, 5) is 23.5. The SMILES string of the molecule is CCOCCOCCOC(=O)Cn1cc(Br)cc(C)c1=O. The zero-order valence-electron chi connectivity index (χ0n) is 12.3. The maximum Gasteiger partial charge on any atom is 0.326 e. The molecule has 21 heavy (non-hydrogen) atoms. The van der Waals surface area contributed by atoms with Gasteiger partial charge in [-0.1, -0.05) is 0 Å². The Labute approximate surface area is 132 Å². The van der Waals surface area contributed by atoms with Crippen molar-refractivity contribution in [1.29, 1.82) is 0 Å². The van der Waals surface area contributed by atoms with Crippen LogP contribution in [0.2, 0.25) is 0 Å². The number of ether oxygens (including phenoxy) is 3. The van der Waals surface area contributed by atoms with Crippen LogP contribution < -0.4 is 5.56 Å². The molecule has 0 radical (unpaired) electrons. The van der Waals surface area contributed by atoms with E-state index in [0.717, 1.165) is 4.47 Å². The van der Waals surface area contributed by atoms with Crippen molar-refractivity contribution in [2.24, 2.45) is 0 Å². The minimum atomic E-state index is -0.469. The molecule has 118 valence electrons. The van der Waals surface area contributed by atoms with Crippen LogP contribution in [0.15, 0.2) is 21.5 Å². The Morgan fingerprint density at radius 2 is 1.90 bits per heavy atom. The highest BCUT2D eigenvalue weighted by Crippen LogP contribution is 2.07. The van der Waals surface area contributed by atoms with Gasteiger partial charge in [0.25, 0.3) is 5.56 Å². The first-order valence-electron chi connectivity index (χ1n) is 6.72. The summed E-state index contributed by atoms with van der Waals surface area (Å²) < 4.78 is 17.4. The summed E-state index contributed by atoms with van der Waals surface area (Å²) in [6, 6.07) is 1.70. The first-order chi connectivity index (χ1) is 10.0. The van der Waals surface area contributed by atoms with Gasteiger partial charge in [0, 0.05) is 22.8 Å². The van der Waals surface area contributed by atoms with Gasteiger partial charge in [-0.25, -0.2) is 0 Å². The van der Waals surface area contributed by atoms with Crippen LogP contribution in [0.4, 0.5) is 0 Å². The average molecular weight is 362 g/mol. The largest absolute Gasteiger partial charge is 0.462 e. The fourth-order valence-corrected chi connectivity index (χ4v) is 2.21. The minimum absolute atomic E-state index is 0.113. The maximum atomic E-state index is 11.8. The third kappa shape index (κ3) is 6.88. The molecular formula is C14H20BrNO5. The summed E-state index contributed by atoms with van der Waals surface area (Å²) in [6.45, 7) is 5.61. The van der Waals surface area contributed by atoms with Gasteiger partial charge in [0.1, 0.15) is 13.2 Å². The number of esters is 1. The van der Waals surface area contributed by atoms with Gasteiger partial charge >= 0.3 is 5.97 Å². The molecule has 0 spiro atoms. The molecule has 0 saturated carbocycles. The predicted octanol–water partition coefficient (Wildman–Crippen LogP) is 1.52. The predicted molar refractivity (Wildman–Crippen MR) is 81.4 cm³/mol. The van der Waals surface area contributed by atoms with E-state index in [1.807, 2.05) is 6.92 Å². The maximum absolute atomic E-state index is 11.8. The van der Waals surface area contributed by atoms with Gasteiger partial charge in [0.2, 0.25) is 0 Å². The average Bonchev–Trinajstić information content (AvgIpc) is 2.43. The fraction of sp³-hybridized carbons (Fsp3) is 0.571. The van der Waals surface area contributed by atoms with Crippen LogP contribution in [0.1, 0.15) is 12.5 Å². The van der Waals surface area contributed by atoms with E-state index in [-0.39, 0.29) is 18.7 Å². The molecule has 1 heterocycles. The molecule has 0 saturated heterocycles. The highest BCUT2D eigenvalue weighted by molar-refractivity contribution is 9.10. The molecule has 0 aliphatic rings. The number of carbonyl (C=O) groups is 1. The van der Waals surface area contributed by atoms with Gasteiger partial charge in [-0.05, 0) is 35.8 Å². The van der Waals surface area contributed by atoms with Gasteiger partial charge in [0.05, 0.1) is 19.8 Å². The highest BCUT2D eigenvalue weighted by atomic mass is 79.9. The van der Waals surface area contributed by atoms with Crippen molar-refractivity contribution in [3.8, 4) is 0 Å². The van der Waals surface area contributed by atoms with Gasteiger partial charge in [-0.15, -0.1) is 0 Å². The van der Waals surface area contributed by atoms with Crippen molar-refractivity contribution in [1.82, 2.24) is 4.57 Å². The first-order valence-corrected chi connectivity index (χ1v) is 7.51. The van der Waals surface area contributed by atoms with E-state index in [1.165, 1.54) is 4.57 Å². The molecule has 0 atom stereocenters. The van der Waals surface area contributed by atoms with Crippen LogP contribution in [-0.4, -0.2) is 43.6 Å². The van der Waals surface area contributed by atoms with Crippen molar-refractivity contribution in [2.75, 3.05) is 33.0 Å². The lowest BCUT2D eigenvalue weighted by Crippen LogP contribution is -2.27. The number of aryl methyl sites for hydroxylation is 1. The number of hydrogen-bond acceptors (Lipinski definition) is 5. The summed E-state index contributed by atoms with van der Waals surface area (Å²) in [5, 5.41) is 0. The Morgan fingerprint density at radius 1 is 1.24 bits per heavy atom. The van der Waals surface area contributed by atoms with Gasteiger partial charge in [-0.2, -0.15) is 0 Å². The molecule has 0 aliphatic heterocycles. The molecule has 0 aliphatic carbocycles. The van der Waals surface area contributed by atoms with Crippen LogP contribution >= 0.6 is 15.9 Å². The molecular weight excluding hydrogens is 342 g/mol. The summed E-state index contributed by atoms with van der Waals surface area (Å²) >= 11 is 3.29. The van der Waals surface area contributed by atoms with E-state index >= 15 is 0 Å². The molecule has 0 bridgehead atoms. The van der Waals surface area contributed by atoms with E-state index in [9.17, 15) is 9.59 Å². The standard InChI is InChI=1S/C14H20BrNO5/c1-3-19-4-5-20-6-7-21-13(17)10-16-9-12(15)8-11(2)14(16)18/h8-9H,3-7,10H2,1-2H3. The van der Waals surface area contributed by atoms with Crippen molar-refractivity contribution < 1.29 is 19.0 Å². The second-order valence-electron chi connectivity index (χ2n) is 4.30. The van der Waals surface area contributed by atoms with E-state index in [1.54, 1.807) is 19.2 Å². The van der Waals surface area contributed by atoms with E-state index < -0.39 is 5.97 Å². The Morgan fingerprint density at radius 3 is 2.62 bits per heavy atom. The fourth-order valence-electron chi connectivity index (χ4n) is 1.62. The van der Waals surface area contributed by atoms with Crippen LogP contribution in [0, 0.1) is 6.92 Å². The highest BCUT2D eigenvalue weighted by Gasteiger charge is 2.08. The number of carbonyl (C=O) groups excluding carboxylic acids is 1. The van der Waals surface area contributed by atoms with Crippen LogP contribution in [0.5, 0.6) is 0 Å². The molecule has 0 aromatic carbocycles. The summed E-state index contributed by atoms with van der Waals surface area (Å²) in [5.74, 6) is -0.469. The number of hydrogen-bond donors (Lipinski definition) is 0. The lowest BCUT2D eigenvalue weighted by Gasteiger charge is -2.09. The third-order valence-corrected chi connectivity index (χ3v) is 3.03. The molecule has 0 amide bonds. The monoisotopic (exact) mass is 361 g/mol. The van der Waals surface area contributed by atoms with E-state index in [2.05, 4.69) is 15.9 Å². The number of aromatic nitrogens is 1. The smallest absolute Gasteiger partial charge is 0.326 e. The quantitative estimate of drug-likeness (QED) is 0.492. The summed E-state index contributed by atoms with van der Waals surface area (Å²) in [7, 11) is 0. The topological polar surface area (TPSA) is 66.8 Å². The van der Waals surface area contributed by atoms with E-state index in [0.29, 0.717) is 32.0 Å². The molecule has 7 heteroatoms. The van der Waals surface area contributed by atoms with Crippen LogP contribution in [0.25, 0.3) is 0 Å². The molecule has 1 aromatic rings. The van der Waals surface area contributed by atoms with Crippen molar-refractivity contribution in [3.05, 3.63) is 32.7 Å². The first kappa shape index (κ1) is 17.9. The van der Waals surface area contributed by atoms with Crippen molar-refractivity contribution in [3.63, 3.8) is 0 Å². The Bertz CT molecular complexity index is 515. The minimum Gasteiger partial charge on any atom is -0.462 e. The normalized spacial score (nSPS) is 10.6. The lowest BCUT2D eigenvalue weighted by atomic mass is 10.3.